The Balaban J connectivity index is 1.63. The van der Waals surface area contributed by atoms with Gasteiger partial charge in [0, 0.05) is 24.7 Å². The third kappa shape index (κ3) is 4.20. The van der Waals surface area contributed by atoms with E-state index in [-0.39, 0.29) is 17.8 Å². The Morgan fingerprint density at radius 1 is 1.16 bits per heavy atom. The van der Waals surface area contributed by atoms with Crippen LogP contribution in [0.1, 0.15) is 29.4 Å². The molecule has 1 amide bonds. The number of benzene rings is 1. The zero-order chi connectivity index (χ0) is 26.1. The van der Waals surface area contributed by atoms with Crippen LogP contribution in [0.15, 0.2) is 66.9 Å². The second kappa shape index (κ2) is 9.81. The fourth-order valence-corrected chi connectivity index (χ4v) is 4.87. The second-order valence-electron chi connectivity index (χ2n) is 8.76. The van der Waals surface area contributed by atoms with Crippen molar-refractivity contribution >= 4 is 23.1 Å². The van der Waals surface area contributed by atoms with E-state index in [0.29, 0.717) is 41.4 Å². The number of fused-ring (bicyclic) bond motifs is 1. The van der Waals surface area contributed by atoms with E-state index < -0.39 is 23.5 Å². The van der Waals surface area contributed by atoms with Crippen molar-refractivity contribution in [1.29, 1.82) is 0 Å². The maximum Gasteiger partial charge on any atom is 0.295 e. The molecule has 4 aromatic rings. The van der Waals surface area contributed by atoms with E-state index in [1.54, 1.807) is 54.0 Å². The van der Waals surface area contributed by atoms with Crippen molar-refractivity contribution < 1.29 is 28.7 Å². The number of nitrogens with zero attached hydrogens (tertiary/aromatic N) is 4. The molecule has 1 fully saturated rings. The Kier molecular flexibility index (Phi) is 6.39. The molecule has 1 aromatic carbocycles. The normalized spacial score (nSPS) is 17.1. The van der Waals surface area contributed by atoms with Gasteiger partial charge < -0.3 is 23.9 Å². The number of methoxy groups -OCH3 is 2. The number of aryl methyl sites for hydroxylation is 2. The van der Waals surface area contributed by atoms with Crippen molar-refractivity contribution in [2.75, 3.05) is 20.8 Å². The average Bonchev–Trinajstić information content (AvgIpc) is 3.61. The molecule has 0 radical (unpaired) electrons. The van der Waals surface area contributed by atoms with Gasteiger partial charge in [0.2, 0.25) is 12.1 Å². The number of aromatic nitrogens is 4. The molecular weight excluding hydrogens is 474 g/mol. The highest BCUT2D eigenvalue weighted by Gasteiger charge is 2.44. The van der Waals surface area contributed by atoms with Crippen molar-refractivity contribution in [2.45, 2.75) is 25.9 Å². The first-order valence-electron chi connectivity index (χ1n) is 11.9. The number of rotatable bonds is 8. The number of Topliss-reactive ketones (excluding diaryl/α,β-unsaturated/α-hetero) is 1. The number of carbonyl (C=O) groups excluding carboxylic acids is 2. The molecule has 1 unspecified atom stereocenters. The summed E-state index contributed by atoms with van der Waals surface area (Å²) in [5, 5.41) is 14.0. The third-order valence-electron chi connectivity index (χ3n) is 6.59. The number of H-pyrrole nitrogens is 1. The highest BCUT2D eigenvalue weighted by Crippen LogP contribution is 2.41. The molecule has 1 aliphatic heterocycles. The molecule has 1 N–H and O–H groups in total. The minimum Gasteiger partial charge on any atom is -0.871 e. The molecule has 10 heteroatoms. The number of likely N-dealkylation sites (tertiary alicyclic amines) is 1. The fraction of sp³-hybridized carbons (Fsp3) is 0.259. The van der Waals surface area contributed by atoms with Crippen LogP contribution in [0.4, 0.5) is 0 Å². The van der Waals surface area contributed by atoms with Crippen LogP contribution in [0.25, 0.3) is 11.4 Å². The lowest BCUT2D eigenvalue weighted by atomic mass is 9.95. The molecule has 37 heavy (non-hydrogen) atoms. The molecule has 3 aromatic heterocycles. The molecule has 0 aliphatic carbocycles. The smallest absolute Gasteiger partial charge is 0.295 e. The van der Waals surface area contributed by atoms with E-state index in [0.717, 1.165) is 0 Å². The Hall–Kier alpha value is -4.60. The maximum absolute atomic E-state index is 14.0. The van der Waals surface area contributed by atoms with E-state index in [1.807, 2.05) is 23.2 Å². The van der Waals surface area contributed by atoms with Gasteiger partial charge >= 0.3 is 0 Å². The summed E-state index contributed by atoms with van der Waals surface area (Å²) >= 11 is 0. The van der Waals surface area contributed by atoms with Gasteiger partial charge in [-0.1, -0.05) is 17.9 Å². The number of nitrogens with one attached hydrogen (secondary N) is 1. The summed E-state index contributed by atoms with van der Waals surface area (Å²) in [4.78, 5) is 35.6. The topological polar surface area (TPSA) is 116 Å². The van der Waals surface area contributed by atoms with Gasteiger partial charge in [0.15, 0.2) is 11.5 Å². The quantitative estimate of drug-likeness (QED) is 0.170. The Morgan fingerprint density at radius 3 is 2.70 bits per heavy atom. The van der Waals surface area contributed by atoms with Gasteiger partial charge in [0.1, 0.15) is 18.0 Å². The summed E-state index contributed by atoms with van der Waals surface area (Å²) in [7, 11) is 3.04. The van der Waals surface area contributed by atoms with Crippen molar-refractivity contribution in [3.63, 3.8) is 0 Å². The number of amides is 1. The number of imidazole rings is 2. The monoisotopic (exact) mass is 501 g/mol. The van der Waals surface area contributed by atoms with Gasteiger partial charge in [-0.05, 0) is 36.8 Å². The molecule has 10 nitrogen and oxygen atoms in total. The number of hydrogen-bond acceptors (Lipinski definition) is 6. The lowest BCUT2D eigenvalue weighted by Crippen LogP contribution is -2.36. The van der Waals surface area contributed by atoms with Crippen molar-refractivity contribution in [1.82, 2.24) is 19.3 Å². The largest absolute Gasteiger partial charge is 0.871 e. The number of pyridine rings is 1. The summed E-state index contributed by atoms with van der Waals surface area (Å²) < 4.78 is 14.4. The van der Waals surface area contributed by atoms with Gasteiger partial charge in [-0.3, -0.25) is 14.6 Å². The first-order valence-corrected chi connectivity index (χ1v) is 11.9. The first kappa shape index (κ1) is 24.1. The van der Waals surface area contributed by atoms with E-state index in [2.05, 4.69) is 9.97 Å². The van der Waals surface area contributed by atoms with Crippen molar-refractivity contribution in [3.05, 3.63) is 83.8 Å². The third-order valence-corrected chi connectivity index (χ3v) is 6.59. The number of carbonyl (C=O) groups is 2. The summed E-state index contributed by atoms with van der Waals surface area (Å²) in [6.45, 7) is 2.64. The van der Waals surface area contributed by atoms with Crippen LogP contribution >= 0.6 is 0 Å². The fourth-order valence-electron chi connectivity index (χ4n) is 4.87. The van der Waals surface area contributed by atoms with Crippen molar-refractivity contribution in [3.8, 4) is 11.5 Å². The number of aromatic amines is 1. The highest BCUT2D eigenvalue weighted by molar-refractivity contribution is 6.46. The molecule has 190 valence electrons. The molecular formula is C27H27N5O5. The lowest BCUT2D eigenvalue weighted by Gasteiger charge is -2.28. The van der Waals surface area contributed by atoms with Crippen LogP contribution in [-0.4, -0.2) is 51.7 Å². The van der Waals surface area contributed by atoms with Gasteiger partial charge in [-0.25, -0.2) is 9.55 Å². The predicted octanol–water partition coefficient (Wildman–Crippen LogP) is 1.59. The first-order chi connectivity index (χ1) is 17.9. The average molecular weight is 502 g/mol. The Bertz CT molecular complexity index is 1500. The molecule has 4 heterocycles. The van der Waals surface area contributed by atoms with E-state index in [4.69, 9.17) is 9.47 Å². The minimum atomic E-state index is -0.878. The van der Waals surface area contributed by atoms with E-state index in [1.165, 1.54) is 19.1 Å². The molecule has 1 saturated heterocycles. The highest BCUT2D eigenvalue weighted by atomic mass is 16.5. The Labute approximate surface area is 213 Å². The lowest BCUT2D eigenvalue weighted by molar-refractivity contribution is -0.695. The number of hydrogen-bond donors (Lipinski definition) is 1. The van der Waals surface area contributed by atoms with Crippen LogP contribution < -0.4 is 19.1 Å². The zero-order valence-electron chi connectivity index (χ0n) is 20.8. The summed E-state index contributed by atoms with van der Waals surface area (Å²) in [5.74, 6) is -1.08. The SMILES string of the molecule is COc1ccc(C2C(=C([O-])c3c(C)nc4ccccn34)C(=O)C(=O)N2CCC[n+]2cc[nH]c2)cc1OC. The van der Waals surface area contributed by atoms with Crippen LogP contribution in [0.3, 0.4) is 0 Å². The molecule has 0 saturated carbocycles. The van der Waals surface area contributed by atoms with E-state index >= 15 is 0 Å². The van der Waals surface area contributed by atoms with Crippen LogP contribution in [0, 0.1) is 6.92 Å². The van der Waals surface area contributed by atoms with Crippen LogP contribution in [0.5, 0.6) is 11.5 Å². The molecule has 1 atom stereocenters. The van der Waals surface area contributed by atoms with Crippen LogP contribution in [0.2, 0.25) is 0 Å². The molecule has 0 spiro atoms. The van der Waals surface area contributed by atoms with E-state index in [9.17, 15) is 14.7 Å². The van der Waals surface area contributed by atoms with Gasteiger partial charge in [0.05, 0.1) is 38.2 Å². The zero-order valence-corrected chi connectivity index (χ0v) is 20.8. The predicted molar refractivity (Wildman–Crippen MR) is 131 cm³/mol. The molecule has 5 rings (SSSR count). The molecule has 0 bridgehead atoms. The molecule has 1 aliphatic rings. The minimum absolute atomic E-state index is 0.0970. The van der Waals surface area contributed by atoms with Gasteiger partial charge in [0.25, 0.3) is 5.91 Å². The summed E-state index contributed by atoms with van der Waals surface area (Å²) in [6, 6.07) is 9.68. The Morgan fingerprint density at radius 2 is 1.97 bits per heavy atom. The number of ketones is 1. The standard InChI is InChI=1S/C27H27N5O5/c1-17-23(31-12-5-4-7-21(31)29-17)25(33)22-24(18-8-9-19(36-2)20(15-18)37-3)32(27(35)26(22)34)13-6-11-30-14-10-28-16-30/h4-5,7-10,12,14-16,24H,6,11,13H2,1-3H3,(H,33,34). The second-order valence-corrected chi connectivity index (χ2v) is 8.76. The maximum atomic E-state index is 14.0. The van der Waals surface area contributed by atoms with Crippen LogP contribution in [-0.2, 0) is 16.1 Å². The number of ether oxygens (including phenoxy) is 2. The van der Waals surface area contributed by atoms with Crippen molar-refractivity contribution in [2.24, 2.45) is 0 Å². The summed E-state index contributed by atoms with van der Waals surface area (Å²) in [5.41, 5.74) is 1.82. The van der Waals surface area contributed by atoms with Gasteiger partial charge in [-0.15, -0.1) is 0 Å². The van der Waals surface area contributed by atoms with Gasteiger partial charge in [-0.2, -0.15) is 0 Å². The summed E-state index contributed by atoms with van der Waals surface area (Å²) in [6.07, 6.45) is 7.82.